The second-order valence-corrected chi connectivity index (χ2v) is 6.90. The van der Waals surface area contributed by atoms with Crippen molar-refractivity contribution in [2.75, 3.05) is 11.9 Å². The summed E-state index contributed by atoms with van der Waals surface area (Å²) in [6.07, 6.45) is 1.87. The van der Waals surface area contributed by atoms with Gasteiger partial charge in [0, 0.05) is 36.4 Å². The van der Waals surface area contributed by atoms with E-state index in [9.17, 15) is 0 Å². The smallest absolute Gasteiger partial charge is 0.0931 e. The summed E-state index contributed by atoms with van der Waals surface area (Å²) >= 11 is 7.59. The Morgan fingerprint density at radius 1 is 1.35 bits per heavy atom. The number of anilines is 1. The summed E-state index contributed by atoms with van der Waals surface area (Å²) in [5.41, 5.74) is 2.23. The molecule has 0 saturated carbocycles. The average Bonchev–Trinajstić information content (AvgIpc) is 2.82. The Morgan fingerprint density at radius 2 is 2.15 bits per heavy atom. The monoisotopic (exact) mass is 309 g/mol. The molecule has 0 saturated heterocycles. The number of hydrogen-bond acceptors (Lipinski definition) is 4. The molecule has 0 amide bonds. The topological polar surface area (TPSA) is 28.2 Å². The maximum absolute atomic E-state index is 5.97. The van der Waals surface area contributed by atoms with E-state index in [1.807, 2.05) is 18.3 Å². The van der Waals surface area contributed by atoms with Gasteiger partial charge >= 0.3 is 0 Å². The third-order valence-corrected chi connectivity index (χ3v) is 4.17. The molecule has 0 aliphatic heterocycles. The van der Waals surface area contributed by atoms with Gasteiger partial charge in [-0.25, -0.2) is 0 Å². The van der Waals surface area contributed by atoms with E-state index in [1.54, 1.807) is 11.3 Å². The number of pyridine rings is 1. The van der Waals surface area contributed by atoms with Crippen molar-refractivity contribution in [2.45, 2.75) is 33.0 Å². The van der Waals surface area contributed by atoms with E-state index in [0.29, 0.717) is 6.04 Å². The van der Waals surface area contributed by atoms with Gasteiger partial charge in [0.1, 0.15) is 0 Å². The number of halogens is 1. The molecule has 0 bridgehead atoms. The van der Waals surface area contributed by atoms with Gasteiger partial charge in [0.2, 0.25) is 0 Å². The first-order valence-corrected chi connectivity index (χ1v) is 7.87. The molecule has 0 spiro atoms. The summed E-state index contributed by atoms with van der Waals surface area (Å²) in [5, 5.41) is 3.38. The van der Waals surface area contributed by atoms with Crippen molar-refractivity contribution in [1.29, 1.82) is 0 Å². The number of rotatable bonds is 6. The van der Waals surface area contributed by atoms with Gasteiger partial charge in [-0.15, -0.1) is 11.3 Å². The van der Waals surface area contributed by atoms with Crippen molar-refractivity contribution < 1.29 is 0 Å². The van der Waals surface area contributed by atoms with Crippen molar-refractivity contribution in [3.05, 3.63) is 45.4 Å². The van der Waals surface area contributed by atoms with Crippen LogP contribution >= 0.6 is 22.9 Å². The predicted molar refractivity (Wildman–Crippen MR) is 87.6 cm³/mol. The molecular formula is C15H20ClN3S. The molecule has 0 radical (unpaired) electrons. The maximum Gasteiger partial charge on any atom is 0.0931 e. The number of aromatic nitrogens is 1. The molecule has 2 aromatic rings. The van der Waals surface area contributed by atoms with Crippen LogP contribution in [0.25, 0.3) is 0 Å². The minimum atomic E-state index is 0.464. The van der Waals surface area contributed by atoms with Crippen LogP contribution in [0.4, 0.5) is 5.69 Å². The Hall–Kier alpha value is -1.10. The van der Waals surface area contributed by atoms with E-state index in [1.165, 1.54) is 10.6 Å². The minimum absolute atomic E-state index is 0.464. The molecule has 0 unspecified atom stereocenters. The van der Waals surface area contributed by atoms with Crippen LogP contribution in [0.2, 0.25) is 4.34 Å². The zero-order valence-corrected chi connectivity index (χ0v) is 13.6. The fourth-order valence-corrected chi connectivity index (χ4v) is 3.01. The van der Waals surface area contributed by atoms with Gasteiger partial charge in [0.15, 0.2) is 0 Å². The highest BCUT2D eigenvalue weighted by atomic mass is 35.5. The van der Waals surface area contributed by atoms with Crippen molar-refractivity contribution in [3.63, 3.8) is 0 Å². The van der Waals surface area contributed by atoms with Gasteiger partial charge in [0.05, 0.1) is 16.6 Å². The van der Waals surface area contributed by atoms with E-state index in [0.717, 1.165) is 23.1 Å². The Bertz CT molecular complexity index is 554. The lowest BCUT2D eigenvalue weighted by molar-refractivity contribution is 0.581. The predicted octanol–water partition coefficient (Wildman–Crippen LogP) is 3.93. The summed E-state index contributed by atoms with van der Waals surface area (Å²) in [5.74, 6) is 0. The highest BCUT2D eigenvalue weighted by Crippen LogP contribution is 2.24. The molecule has 0 aliphatic carbocycles. The minimum Gasteiger partial charge on any atom is -0.369 e. The van der Waals surface area contributed by atoms with Crippen LogP contribution in [0.3, 0.4) is 0 Å². The SMILES string of the molecule is CC(C)NCc1cc(N(C)Cc2ccc(Cl)s2)ccn1. The lowest BCUT2D eigenvalue weighted by atomic mass is 10.2. The Labute approximate surface area is 129 Å². The number of nitrogens with one attached hydrogen (secondary N) is 1. The highest BCUT2D eigenvalue weighted by Gasteiger charge is 2.06. The quantitative estimate of drug-likeness (QED) is 0.876. The van der Waals surface area contributed by atoms with Gasteiger partial charge in [-0.05, 0) is 24.3 Å². The van der Waals surface area contributed by atoms with Crippen LogP contribution in [0.1, 0.15) is 24.4 Å². The largest absolute Gasteiger partial charge is 0.369 e. The average molecular weight is 310 g/mol. The van der Waals surface area contributed by atoms with E-state index in [2.05, 4.69) is 48.2 Å². The van der Waals surface area contributed by atoms with Crippen LogP contribution in [-0.2, 0) is 13.1 Å². The lowest BCUT2D eigenvalue weighted by Crippen LogP contribution is -2.23. The number of nitrogens with zero attached hydrogens (tertiary/aromatic N) is 2. The first kappa shape index (κ1) is 15.3. The highest BCUT2D eigenvalue weighted by molar-refractivity contribution is 7.16. The zero-order valence-electron chi connectivity index (χ0n) is 12.1. The molecule has 0 aromatic carbocycles. The normalized spacial score (nSPS) is 11.1. The molecule has 2 heterocycles. The van der Waals surface area contributed by atoms with Gasteiger partial charge in [-0.2, -0.15) is 0 Å². The summed E-state index contributed by atoms with van der Waals surface area (Å²) in [7, 11) is 2.09. The molecule has 3 nitrogen and oxygen atoms in total. The van der Waals surface area contributed by atoms with Crippen LogP contribution in [0, 0.1) is 0 Å². The van der Waals surface area contributed by atoms with Crippen molar-refractivity contribution in [1.82, 2.24) is 10.3 Å². The molecule has 20 heavy (non-hydrogen) atoms. The van der Waals surface area contributed by atoms with Gasteiger partial charge < -0.3 is 10.2 Å². The standard InChI is InChI=1S/C15H20ClN3S/c1-11(2)18-9-12-8-13(6-7-17-12)19(3)10-14-4-5-15(16)20-14/h4-8,11,18H,9-10H2,1-3H3. The molecular weight excluding hydrogens is 290 g/mol. The van der Waals surface area contributed by atoms with Crippen LogP contribution < -0.4 is 10.2 Å². The van der Waals surface area contributed by atoms with Gasteiger partial charge in [0.25, 0.3) is 0 Å². The molecule has 1 N–H and O–H groups in total. The van der Waals surface area contributed by atoms with E-state index in [-0.39, 0.29) is 0 Å². The second-order valence-electron chi connectivity index (χ2n) is 5.10. The van der Waals surface area contributed by atoms with Crippen LogP contribution in [0.15, 0.2) is 30.5 Å². The molecule has 0 fully saturated rings. The van der Waals surface area contributed by atoms with E-state index >= 15 is 0 Å². The Balaban J connectivity index is 2.02. The Morgan fingerprint density at radius 3 is 2.80 bits per heavy atom. The van der Waals surface area contributed by atoms with Crippen LogP contribution in [-0.4, -0.2) is 18.1 Å². The maximum atomic E-state index is 5.97. The first-order chi connectivity index (χ1) is 9.54. The van der Waals surface area contributed by atoms with E-state index in [4.69, 9.17) is 11.6 Å². The molecule has 0 aliphatic rings. The summed E-state index contributed by atoms with van der Waals surface area (Å²) in [6.45, 7) is 5.93. The molecule has 108 valence electrons. The van der Waals surface area contributed by atoms with E-state index < -0.39 is 0 Å². The third kappa shape index (κ3) is 4.47. The molecule has 0 atom stereocenters. The number of hydrogen-bond donors (Lipinski definition) is 1. The fraction of sp³-hybridized carbons (Fsp3) is 0.400. The van der Waals surface area contributed by atoms with Crippen molar-refractivity contribution in [3.8, 4) is 0 Å². The zero-order chi connectivity index (χ0) is 14.5. The summed E-state index contributed by atoms with van der Waals surface area (Å²) < 4.78 is 0.838. The molecule has 5 heteroatoms. The molecule has 2 rings (SSSR count). The van der Waals surface area contributed by atoms with Gasteiger partial charge in [-0.1, -0.05) is 25.4 Å². The Kier molecular flexibility index (Phi) is 5.40. The molecule has 2 aromatic heterocycles. The third-order valence-electron chi connectivity index (χ3n) is 2.95. The summed E-state index contributed by atoms with van der Waals surface area (Å²) in [4.78, 5) is 7.87. The first-order valence-electron chi connectivity index (χ1n) is 6.68. The second kappa shape index (κ2) is 7.07. The van der Waals surface area contributed by atoms with Crippen molar-refractivity contribution >= 4 is 28.6 Å². The summed E-state index contributed by atoms with van der Waals surface area (Å²) in [6, 6.07) is 8.65. The fourth-order valence-electron chi connectivity index (χ4n) is 1.87. The van der Waals surface area contributed by atoms with Crippen LogP contribution in [0.5, 0.6) is 0 Å². The lowest BCUT2D eigenvalue weighted by Gasteiger charge is -2.19. The number of thiophene rings is 1. The van der Waals surface area contributed by atoms with Gasteiger partial charge in [-0.3, -0.25) is 4.98 Å². The van der Waals surface area contributed by atoms with Crippen molar-refractivity contribution in [2.24, 2.45) is 0 Å².